The predicted molar refractivity (Wildman–Crippen MR) is 98.5 cm³/mol. The Morgan fingerprint density at radius 1 is 1.19 bits per heavy atom. The van der Waals surface area contributed by atoms with Crippen molar-refractivity contribution in [2.45, 2.75) is 32.9 Å². The fourth-order valence-electron chi connectivity index (χ4n) is 3.35. The highest BCUT2D eigenvalue weighted by Crippen LogP contribution is 2.27. The molecular weight excluding hydrogens is 376 g/mol. The molecule has 9 heteroatoms. The van der Waals surface area contributed by atoms with Crippen molar-refractivity contribution in [3.63, 3.8) is 0 Å². The number of halogens is 3. The van der Waals surface area contributed by atoms with Crippen LogP contribution in [0.1, 0.15) is 19.7 Å². The van der Waals surface area contributed by atoms with Crippen LogP contribution in [0.2, 0.25) is 5.15 Å². The molecule has 142 valence electrons. The predicted octanol–water partition coefficient (Wildman–Crippen LogP) is 3.67. The van der Waals surface area contributed by atoms with Gasteiger partial charge in [0.25, 0.3) is 0 Å². The van der Waals surface area contributed by atoms with Crippen molar-refractivity contribution in [1.29, 1.82) is 0 Å². The Labute approximate surface area is 159 Å². The van der Waals surface area contributed by atoms with Crippen molar-refractivity contribution in [3.8, 4) is 5.95 Å². The van der Waals surface area contributed by atoms with Gasteiger partial charge in [-0.3, -0.25) is 4.57 Å². The van der Waals surface area contributed by atoms with Crippen molar-refractivity contribution in [2.75, 3.05) is 18.1 Å². The van der Waals surface area contributed by atoms with Gasteiger partial charge in [0.2, 0.25) is 5.95 Å². The number of hydrogen-bond donors (Lipinski definition) is 0. The topological polar surface area (TPSA) is 56.1 Å². The molecule has 2 atom stereocenters. The van der Waals surface area contributed by atoms with E-state index in [2.05, 4.69) is 26.8 Å². The van der Waals surface area contributed by atoms with Crippen LogP contribution in [0, 0.1) is 18.6 Å². The monoisotopic (exact) mass is 393 g/mol. The van der Waals surface area contributed by atoms with Crippen LogP contribution < -0.4 is 4.90 Å². The molecule has 0 saturated carbocycles. The molecule has 4 rings (SSSR count). The molecule has 2 unspecified atom stereocenters. The Hall–Kier alpha value is -2.32. The van der Waals surface area contributed by atoms with Crippen molar-refractivity contribution < 1.29 is 13.5 Å². The van der Waals surface area contributed by atoms with Gasteiger partial charge in [-0.25, -0.2) is 18.7 Å². The molecule has 2 aromatic heterocycles. The van der Waals surface area contributed by atoms with E-state index in [0.29, 0.717) is 30.3 Å². The Balaban J connectivity index is 1.86. The van der Waals surface area contributed by atoms with Crippen LogP contribution in [0.25, 0.3) is 17.0 Å². The minimum Gasteiger partial charge on any atom is -0.375 e. The molecule has 1 saturated heterocycles. The number of rotatable bonds is 2. The zero-order chi connectivity index (χ0) is 19.3. The van der Waals surface area contributed by atoms with Crippen LogP contribution in [0.4, 0.5) is 14.6 Å². The Bertz CT molecular complexity index is 1020. The zero-order valence-electron chi connectivity index (χ0n) is 15.1. The average Bonchev–Trinajstić information content (AvgIpc) is 2.97. The number of aromatic nitrogens is 4. The van der Waals surface area contributed by atoms with E-state index in [0.717, 1.165) is 6.07 Å². The molecular formula is C18H18ClF2N5O. The smallest absolute Gasteiger partial charge is 0.239 e. The number of hydrogen-bond acceptors (Lipinski definition) is 5. The molecule has 0 spiro atoms. The first-order valence-electron chi connectivity index (χ1n) is 8.63. The average molecular weight is 394 g/mol. The highest BCUT2D eigenvalue weighted by molar-refractivity contribution is 6.29. The summed E-state index contributed by atoms with van der Waals surface area (Å²) < 4.78 is 34.9. The number of benzene rings is 1. The highest BCUT2D eigenvalue weighted by atomic mass is 35.5. The number of morpholine rings is 1. The van der Waals surface area contributed by atoms with Crippen molar-refractivity contribution in [2.24, 2.45) is 0 Å². The zero-order valence-corrected chi connectivity index (χ0v) is 15.8. The summed E-state index contributed by atoms with van der Waals surface area (Å²) in [6.07, 6.45) is 0.0452. The van der Waals surface area contributed by atoms with E-state index >= 15 is 0 Å². The molecule has 0 bridgehead atoms. The van der Waals surface area contributed by atoms with Gasteiger partial charge in [0, 0.05) is 12.6 Å². The fraction of sp³-hybridized carbons (Fsp3) is 0.389. The third-order valence-corrected chi connectivity index (χ3v) is 5.13. The second kappa shape index (κ2) is 6.69. The van der Waals surface area contributed by atoms with Crippen LogP contribution in [-0.2, 0) is 4.74 Å². The van der Waals surface area contributed by atoms with Gasteiger partial charge >= 0.3 is 0 Å². The van der Waals surface area contributed by atoms with Gasteiger partial charge in [-0.05, 0) is 32.9 Å². The Kier molecular flexibility index (Phi) is 4.47. The Morgan fingerprint density at radius 3 is 2.74 bits per heavy atom. The third-order valence-electron chi connectivity index (χ3n) is 4.93. The molecule has 0 N–H and O–H groups in total. The van der Waals surface area contributed by atoms with Gasteiger partial charge in [0.1, 0.15) is 22.3 Å². The normalized spacial score (nSPS) is 20.4. The molecule has 0 aliphatic carbocycles. The van der Waals surface area contributed by atoms with E-state index in [9.17, 15) is 8.78 Å². The summed E-state index contributed by atoms with van der Waals surface area (Å²) in [5.74, 6) is -0.597. The van der Waals surface area contributed by atoms with Gasteiger partial charge < -0.3 is 9.64 Å². The first kappa shape index (κ1) is 18.1. The van der Waals surface area contributed by atoms with Crippen molar-refractivity contribution in [1.82, 2.24) is 19.5 Å². The summed E-state index contributed by atoms with van der Waals surface area (Å²) in [5, 5.41) is 0.255. The second-order valence-electron chi connectivity index (χ2n) is 6.58. The van der Waals surface area contributed by atoms with Gasteiger partial charge in [0.15, 0.2) is 11.6 Å². The van der Waals surface area contributed by atoms with Gasteiger partial charge in [-0.2, -0.15) is 4.98 Å². The van der Waals surface area contributed by atoms with Crippen LogP contribution in [0.3, 0.4) is 0 Å². The maximum Gasteiger partial charge on any atom is 0.239 e. The molecule has 1 aliphatic rings. The van der Waals surface area contributed by atoms with E-state index in [4.69, 9.17) is 16.3 Å². The number of ether oxygens (including phenoxy) is 1. The van der Waals surface area contributed by atoms with Crippen LogP contribution in [0.5, 0.6) is 0 Å². The molecule has 6 nitrogen and oxygen atoms in total. The minimum absolute atomic E-state index is 0.0452. The number of fused-ring (bicyclic) bond motifs is 1. The van der Waals surface area contributed by atoms with Gasteiger partial charge in [-0.1, -0.05) is 11.6 Å². The third kappa shape index (κ3) is 3.02. The van der Waals surface area contributed by atoms with Gasteiger partial charge in [0.05, 0.1) is 24.3 Å². The summed E-state index contributed by atoms with van der Waals surface area (Å²) in [5.41, 5.74) is 0.314. The van der Waals surface area contributed by atoms with Crippen LogP contribution >= 0.6 is 11.6 Å². The molecule has 27 heavy (non-hydrogen) atoms. The molecule has 0 radical (unpaired) electrons. The summed E-state index contributed by atoms with van der Waals surface area (Å²) in [7, 11) is 0. The number of aryl methyl sites for hydroxylation is 1. The first-order valence-corrected chi connectivity index (χ1v) is 9.01. The highest BCUT2D eigenvalue weighted by Gasteiger charge is 2.27. The van der Waals surface area contributed by atoms with Gasteiger partial charge in [-0.15, -0.1) is 0 Å². The molecule has 3 aromatic rings. The van der Waals surface area contributed by atoms with Crippen LogP contribution in [0.15, 0.2) is 18.2 Å². The summed E-state index contributed by atoms with van der Waals surface area (Å²) in [4.78, 5) is 15.1. The summed E-state index contributed by atoms with van der Waals surface area (Å²) in [6.45, 7) is 6.99. The molecule has 3 heterocycles. The maximum atomic E-state index is 14.1. The van der Waals surface area contributed by atoms with Crippen LogP contribution in [-0.4, -0.2) is 44.8 Å². The number of anilines is 1. The summed E-state index contributed by atoms with van der Waals surface area (Å²) >= 11 is 6.25. The largest absolute Gasteiger partial charge is 0.375 e. The first-order chi connectivity index (χ1) is 12.9. The lowest BCUT2D eigenvalue weighted by Crippen LogP contribution is -2.49. The van der Waals surface area contributed by atoms with Crippen molar-refractivity contribution >= 4 is 28.5 Å². The SMILES string of the molecule is Cc1nc2c(F)c(F)ccc2n1-c1nc(Cl)cc(N2CCOC(C)C2C)n1. The van der Waals surface area contributed by atoms with E-state index < -0.39 is 11.6 Å². The number of imidazole rings is 1. The van der Waals surface area contributed by atoms with E-state index in [1.807, 2.05) is 6.92 Å². The molecule has 1 aliphatic heterocycles. The molecule has 1 aromatic carbocycles. The Morgan fingerprint density at radius 2 is 1.96 bits per heavy atom. The quantitative estimate of drug-likeness (QED) is 0.622. The lowest BCUT2D eigenvalue weighted by atomic mass is 10.1. The lowest BCUT2D eigenvalue weighted by molar-refractivity contribution is 0.0281. The number of nitrogens with zero attached hydrogens (tertiary/aromatic N) is 5. The standard InChI is InChI=1S/C18H18ClF2N5O/c1-9-10(2)27-7-6-25(9)15-8-14(19)23-18(24-15)26-11(3)22-17-13(26)5-4-12(20)16(17)21/h4-5,8-10H,6-7H2,1-3H3. The fourth-order valence-corrected chi connectivity index (χ4v) is 3.53. The second-order valence-corrected chi connectivity index (χ2v) is 6.97. The van der Waals surface area contributed by atoms with E-state index in [-0.39, 0.29) is 28.8 Å². The molecule has 1 fully saturated rings. The maximum absolute atomic E-state index is 14.1. The summed E-state index contributed by atoms with van der Waals surface area (Å²) in [6, 6.07) is 4.31. The minimum atomic E-state index is -0.993. The molecule has 0 amide bonds. The lowest BCUT2D eigenvalue weighted by Gasteiger charge is -2.38. The van der Waals surface area contributed by atoms with E-state index in [1.54, 1.807) is 17.6 Å². The van der Waals surface area contributed by atoms with E-state index in [1.165, 1.54) is 6.07 Å². The van der Waals surface area contributed by atoms with Crippen molar-refractivity contribution in [3.05, 3.63) is 40.8 Å².